The van der Waals surface area contributed by atoms with Crippen molar-refractivity contribution in [1.82, 2.24) is 19.8 Å². The van der Waals surface area contributed by atoms with Gasteiger partial charge in [-0.2, -0.15) is 0 Å². The summed E-state index contributed by atoms with van der Waals surface area (Å²) in [6, 6.07) is 5.17. The fraction of sp³-hybridized carbons (Fsp3) is 0.524. The first-order valence-electron chi connectivity index (χ1n) is 10.3. The number of anilines is 1. The second-order valence-electron chi connectivity index (χ2n) is 7.66. The molecule has 0 saturated carbocycles. The van der Waals surface area contributed by atoms with Gasteiger partial charge in [0.05, 0.1) is 6.26 Å². The molecule has 8 heteroatoms. The van der Waals surface area contributed by atoms with Gasteiger partial charge < -0.3 is 19.1 Å². The second-order valence-corrected chi connectivity index (χ2v) is 7.66. The predicted molar refractivity (Wildman–Crippen MR) is 108 cm³/mol. The van der Waals surface area contributed by atoms with Gasteiger partial charge in [0.15, 0.2) is 5.76 Å². The van der Waals surface area contributed by atoms with E-state index < -0.39 is 0 Å². The van der Waals surface area contributed by atoms with Crippen LogP contribution in [0.15, 0.2) is 28.9 Å². The Morgan fingerprint density at radius 3 is 2.24 bits per heavy atom. The van der Waals surface area contributed by atoms with Gasteiger partial charge >= 0.3 is 0 Å². The summed E-state index contributed by atoms with van der Waals surface area (Å²) >= 11 is 0. The summed E-state index contributed by atoms with van der Waals surface area (Å²) in [5, 5.41) is 0. The standard InChI is InChI=1S/C21H27N5O3/c1-16-15-17(19(27)24-8-4-2-3-5-9-24)23-21(22-16)26-12-10-25(11-13-26)20(28)18-7-6-14-29-18/h6-7,14-15H,2-5,8-13H2,1H3. The third-order valence-electron chi connectivity index (χ3n) is 5.54. The molecule has 0 N–H and O–H groups in total. The van der Waals surface area contributed by atoms with Gasteiger partial charge in [-0.25, -0.2) is 9.97 Å². The van der Waals surface area contributed by atoms with Gasteiger partial charge in [-0.3, -0.25) is 9.59 Å². The molecule has 0 spiro atoms. The summed E-state index contributed by atoms with van der Waals surface area (Å²) in [7, 11) is 0. The molecule has 4 rings (SSSR count). The Balaban J connectivity index is 1.44. The molecule has 0 bridgehead atoms. The Bertz CT molecular complexity index is 851. The predicted octanol–water partition coefficient (Wildman–Crippen LogP) is 2.36. The summed E-state index contributed by atoms with van der Waals surface area (Å²) in [5.41, 5.74) is 1.24. The van der Waals surface area contributed by atoms with Gasteiger partial charge in [-0.1, -0.05) is 12.8 Å². The maximum absolute atomic E-state index is 13.0. The molecule has 2 aliphatic rings. The Labute approximate surface area is 170 Å². The molecule has 0 unspecified atom stereocenters. The van der Waals surface area contributed by atoms with E-state index in [-0.39, 0.29) is 11.8 Å². The molecule has 2 saturated heterocycles. The number of rotatable bonds is 3. The number of nitrogens with zero attached hydrogens (tertiary/aromatic N) is 5. The maximum Gasteiger partial charge on any atom is 0.289 e. The lowest BCUT2D eigenvalue weighted by atomic mass is 10.2. The van der Waals surface area contributed by atoms with Crippen molar-refractivity contribution in [3.63, 3.8) is 0 Å². The zero-order chi connectivity index (χ0) is 20.2. The highest BCUT2D eigenvalue weighted by molar-refractivity contribution is 5.93. The number of amides is 2. The normalized spacial score (nSPS) is 17.9. The second kappa shape index (κ2) is 8.63. The van der Waals surface area contributed by atoms with E-state index >= 15 is 0 Å². The van der Waals surface area contributed by atoms with Gasteiger partial charge in [-0.15, -0.1) is 0 Å². The molecule has 0 radical (unpaired) electrons. The molecule has 2 fully saturated rings. The molecule has 2 aliphatic heterocycles. The number of likely N-dealkylation sites (tertiary alicyclic amines) is 1. The fourth-order valence-corrected chi connectivity index (χ4v) is 3.91. The SMILES string of the molecule is Cc1cc(C(=O)N2CCCCCC2)nc(N2CCN(C(=O)c3ccco3)CC2)n1. The van der Waals surface area contributed by atoms with Crippen LogP contribution in [0.5, 0.6) is 0 Å². The first-order valence-corrected chi connectivity index (χ1v) is 10.3. The first kappa shape index (κ1) is 19.4. The number of piperazine rings is 1. The van der Waals surface area contributed by atoms with Crippen LogP contribution in [0.3, 0.4) is 0 Å². The van der Waals surface area contributed by atoms with Crippen molar-refractivity contribution >= 4 is 17.8 Å². The van der Waals surface area contributed by atoms with E-state index in [9.17, 15) is 9.59 Å². The van der Waals surface area contributed by atoms with Crippen LogP contribution in [0.2, 0.25) is 0 Å². The Morgan fingerprint density at radius 1 is 0.897 bits per heavy atom. The molecule has 0 atom stereocenters. The van der Waals surface area contributed by atoms with E-state index in [0.717, 1.165) is 31.6 Å². The van der Waals surface area contributed by atoms with Gasteiger partial charge in [0.2, 0.25) is 5.95 Å². The molecule has 2 aromatic heterocycles. The summed E-state index contributed by atoms with van der Waals surface area (Å²) in [6.45, 7) is 5.84. The van der Waals surface area contributed by atoms with Crippen LogP contribution in [0.25, 0.3) is 0 Å². The number of hydrogen-bond acceptors (Lipinski definition) is 6. The molecule has 154 valence electrons. The molecule has 2 amide bonds. The number of carbonyl (C=O) groups is 2. The third kappa shape index (κ3) is 4.41. The van der Waals surface area contributed by atoms with E-state index in [1.54, 1.807) is 23.1 Å². The van der Waals surface area contributed by atoms with Gasteiger partial charge in [0.1, 0.15) is 5.69 Å². The topological polar surface area (TPSA) is 82.8 Å². The lowest BCUT2D eigenvalue weighted by Gasteiger charge is -2.34. The van der Waals surface area contributed by atoms with E-state index in [1.165, 1.54) is 19.1 Å². The molecule has 29 heavy (non-hydrogen) atoms. The van der Waals surface area contributed by atoms with Crippen LogP contribution in [0.1, 0.15) is 52.4 Å². The average Bonchev–Trinajstić information content (AvgIpc) is 3.15. The number of aromatic nitrogens is 2. The summed E-state index contributed by atoms with van der Waals surface area (Å²) in [5.74, 6) is 0.811. The number of carbonyl (C=O) groups excluding carboxylic acids is 2. The monoisotopic (exact) mass is 397 g/mol. The maximum atomic E-state index is 13.0. The van der Waals surface area contributed by atoms with E-state index in [1.807, 2.05) is 16.7 Å². The molecule has 0 aromatic carbocycles. The lowest BCUT2D eigenvalue weighted by molar-refractivity contribution is 0.0714. The number of aryl methyl sites for hydroxylation is 1. The van der Waals surface area contributed by atoms with E-state index in [2.05, 4.69) is 9.97 Å². The minimum absolute atomic E-state index is 0.00900. The molecule has 2 aromatic rings. The van der Waals surface area contributed by atoms with Crippen molar-refractivity contribution in [3.8, 4) is 0 Å². The summed E-state index contributed by atoms with van der Waals surface area (Å²) in [6.07, 6.45) is 5.97. The van der Waals surface area contributed by atoms with Crippen molar-refractivity contribution in [1.29, 1.82) is 0 Å². The van der Waals surface area contributed by atoms with Crippen molar-refractivity contribution in [2.24, 2.45) is 0 Å². The Morgan fingerprint density at radius 2 is 1.59 bits per heavy atom. The van der Waals surface area contributed by atoms with Gasteiger partial charge in [0.25, 0.3) is 11.8 Å². The van der Waals surface area contributed by atoms with Crippen LogP contribution >= 0.6 is 0 Å². The average molecular weight is 397 g/mol. The van der Waals surface area contributed by atoms with Crippen molar-refractivity contribution < 1.29 is 14.0 Å². The molecule has 0 aliphatic carbocycles. The fourth-order valence-electron chi connectivity index (χ4n) is 3.91. The zero-order valence-corrected chi connectivity index (χ0v) is 16.8. The van der Waals surface area contributed by atoms with Gasteiger partial charge in [-0.05, 0) is 38.0 Å². The summed E-state index contributed by atoms with van der Waals surface area (Å²) in [4.78, 5) is 40.3. The van der Waals surface area contributed by atoms with Gasteiger partial charge in [0, 0.05) is 45.0 Å². The van der Waals surface area contributed by atoms with Crippen molar-refractivity contribution in [2.75, 3.05) is 44.2 Å². The largest absolute Gasteiger partial charge is 0.459 e. The lowest BCUT2D eigenvalue weighted by Crippen LogP contribution is -2.49. The molecule has 4 heterocycles. The van der Waals surface area contributed by atoms with Crippen LogP contribution in [-0.2, 0) is 0 Å². The Hall–Kier alpha value is -2.90. The van der Waals surface area contributed by atoms with E-state index in [4.69, 9.17) is 4.42 Å². The molecular formula is C21H27N5O3. The first-order chi connectivity index (χ1) is 14.1. The molecular weight excluding hydrogens is 370 g/mol. The van der Waals surface area contributed by atoms with Crippen LogP contribution < -0.4 is 4.90 Å². The number of hydrogen-bond donors (Lipinski definition) is 0. The summed E-state index contributed by atoms with van der Waals surface area (Å²) < 4.78 is 5.21. The van der Waals surface area contributed by atoms with Crippen LogP contribution in [0.4, 0.5) is 5.95 Å². The minimum atomic E-state index is -0.100. The number of furan rings is 1. The van der Waals surface area contributed by atoms with Crippen molar-refractivity contribution in [2.45, 2.75) is 32.6 Å². The van der Waals surface area contributed by atoms with Crippen LogP contribution in [-0.4, -0.2) is 70.9 Å². The zero-order valence-electron chi connectivity index (χ0n) is 16.8. The van der Waals surface area contributed by atoms with Crippen molar-refractivity contribution in [3.05, 3.63) is 41.6 Å². The quantitative estimate of drug-likeness (QED) is 0.791. The highest BCUT2D eigenvalue weighted by atomic mass is 16.3. The van der Waals surface area contributed by atoms with Crippen LogP contribution in [0, 0.1) is 6.92 Å². The minimum Gasteiger partial charge on any atom is -0.459 e. The third-order valence-corrected chi connectivity index (χ3v) is 5.54. The molecule has 8 nitrogen and oxygen atoms in total. The van der Waals surface area contributed by atoms with E-state index in [0.29, 0.717) is 43.6 Å². The highest BCUT2D eigenvalue weighted by Gasteiger charge is 2.26. The Kier molecular flexibility index (Phi) is 5.78. The smallest absolute Gasteiger partial charge is 0.289 e. The highest BCUT2D eigenvalue weighted by Crippen LogP contribution is 2.18.